The summed E-state index contributed by atoms with van der Waals surface area (Å²) in [6.45, 7) is 2.01. The van der Waals surface area contributed by atoms with Crippen LogP contribution < -0.4 is 0 Å². The first-order valence-corrected chi connectivity index (χ1v) is 4.97. The summed E-state index contributed by atoms with van der Waals surface area (Å²) < 4.78 is 4.57. The Hall–Kier alpha value is -0.790. The number of methoxy groups -OCH3 is 1. The molecule has 0 atom stereocenters. The molecule has 0 saturated heterocycles. The van der Waals surface area contributed by atoms with Crippen molar-refractivity contribution in [1.82, 2.24) is 0 Å². The highest BCUT2D eigenvalue weighted by atomic mass is 16.5. The van der Waals surface area contributed by atoms with E-state index in [1.807, 2.05) is 6.92 Å². The van der Waals surface area contributed by atoms with E-state index in [2.05, 4.69) is 4.74 Å². The fourth-order valence-electron chi connectivity index (χ4n) is 1.99. The van der Waals surface area contributed by atoms with Crippen molar-refractivity contribution in [1.29, 1.82) is 0 Å². The average Bonchev–Trinajstić information content (AvgIpc) is 2.56. The van der Waals surface area contributed by atoms with Crippen molar-refractivity contribution in [3.8, 4) is 0 Å². The second-order valence-corrected chi connectivity index (χ2v) is 3.87. The molecule has 0 heterocycles. The predicted molar refractivity (Wildman–Crippen MR) is 52.3 cm³/mol. The minimum absolute atomic E-state index is 0.226. The first-order chi connectivity index (χ1) is 6.22. The molecule has 0 radical (unpaired) electrons. The van der Waals surface area contributed by atoms with Gasteiger partial charge >= 0.3 is 5.97 Å². The minimum atomic E-state index is -0.226. The summed E-state index contributed by atoms with van der Waals surface area (Å²) in [6.07, 6.45) is 8.04. The van der Waals surface area contributed by atoms with Gasteiger partial charge < -0.3 is 4.74 Å². The Balaban J connectivity index is 2.34. The fraction of sp³-hybridized carbons (Fsp3) is 0.727. The molecule has 0 aromatic rings. The maximum Gasteiger partial charge on any atom is 0.330 e. The highest BCUT2D eigenvalue weighted by molar-refractivity contribution is 5.82. The van der Waals surface area contributed by atoms with Gasteiger partial charge in [-0.05, 0) is 19.3 Å². The molecule has 2 heteroatoms. The number of esters is 1. The molecular formula is C11H18O2. The second-order valence-electron chi connectivity index (χ2n) is 3.87. The standard InChI is InChI=1S/C11H18O2/c1-9(8-11(12)13-2)7-10-5-3-4-6-10/h8,10H,3-7H2,1-2H3/b9-8+. The molecule has 0 spiro atoms. The fourth-order valence-corrected chi connectivity index (χ4v) is 1.99. The Kier molecular flexibility index (Phi) is 4.00. The van der Waals surface area contributed by atoms with E-state index >= 15 is 0 Å². The normalized spacial score (nSPS) is 19.1. The number of hydrogen-bond acceptors (Lipinski definition) is 2. The van der Waals surface area contributed by atoms with Crippen LogP contribution in [0.2, 0.25) is 0 Å². The third-order valence-electron chi connectivity index (χ3n) is 2.65. The first kappa shape index (κ1) is 10.3. The molecule has 0 N–H and O–H groups in total. The molecule has 0 aromatic heterocycles. The van der Waals surface area contributed by atoms with E-state index in [-0.39, 0.29) is 5.97 Å². The summed E-state index contributed by atoms with van der Waals surface area (Å²) in [4.78, 5) is 10.9. The van der Waals surface area contributed by atoms with Crippen LogP contribution in [0.5, 0.6) is 0 Å². The quantitative estimate of drug-likeness (QED) is 0.495. The van der Waals surface area contributed by atoms with Gasteiger partial charge in [0.2, 0.25) is 0 Å². The molecule has 0 bridgehead atoms. The maximum absolute atomic E-state index is 10.9. The number of rotatable bonds is 3. The van der Waals surface area contributed by atoms with Crippen molar-refractivity contribution in [2.24, 2.45) is 5.92 Å². The zero-order valence-corrected chi connectivity index (χ0v) is 8.51. The molecular weight excluding hydrogens is 164 g/mol. The van der Waals surface area contributed by atoms with Gasteiger partial charge in [0.15, 0.2) is 0 Å². The molecule has 1 fully saturated rings. The summed E-state index contributed by atoms with van der Waals surface area (Å²) in [5, 5.41) is 0. The van der Waals surface area contributed by atoms with Gasteiger partial charge in [0.05, 0.1) is 7.11 Å². The topological polar surface area (TPSA) is 26.3 Å². The highest BCUT2D eigenvalue weighted by Gasteiger charge is 2.15. The van der Waals surface area contributed by atoms with E-state index in [1.54, 1.807) is 6.08 Å². The Morgan fingerprint density at radius 1 is 1.46 bits per heavy atom. The van der Waals surface area contributed by atoms with Crippen LogP contribution in [0.1, 0.15) is 39.0 Å². The Morgan fingerprint density at radius 2 is 2.08 bits per heavy atom. The van der Waals surface area contributed by atoms with Gasteiger partial charge in [-0.3, -0.25) is 0 Å². The van der Waals surface area contributed by atoms with Crippen molar-refractivity contribution in [2.45, 2.75) is 39.0 Å². The highest BCUT2D eigenvalue weighted by Crippen LogP contribution is 2.29. The van der Waals surface area contributed by atoms with Crippen molar-refractivity contribution in [3.63, 3.8) is 0 Å². The van der Waals surface area contributed by atoms with Crippen molar-refractivity contribution < 1.29 is 9.53 Å². The van der Waals surface area contributed by atoms with Crippen LogP contribution in [0.4, 0.5) is 0 Å². The second kappa shape index (κ2) is 5.05. The lowest BCUT2D eigenvalue weighted by Gasteiger charge is -2.07. The molecule has 1 rings (SSSR count). The lowest BCUT2D eigenvalue weighted by Crippen LogP contribution is -1.99. The van der Waals surface area contributed by atoms with Gasteiger partial charge in [-0.2, -0.15) is 0 Å². The summed E-state index contributed by atoms with van der Waals surface area (Å²) >= 11 is 0. The van der Waals surface area contributed by atoms with Crippen LogP contribution in [0.3, 0.4) is 0 Å². The van der Waals surface area contributed by atoms with E-state index in [4.69, 9.17) is 0 Å². The van der Waals surface area contributed by atoms with E-state index in [1.165, 1.54) is 32.8 Å². The monoisotopic (exact) mass is 182 g/mol. The van der Waals surface area contributed by atoms with Crippen molar-refractivity contribution in [2.75, 3.05) is 7.11 Å². The van der Waals surface area contributed by atoms with Gasteiger partial charge in [-0.25, -0.2) is 4.79 Å². The Labute approximate surface area is 80.0 Å². The summed E-state index contributed by atoms with van der Waals surface area (Å²) in [7, 11) is 1.42. The van der Waals surface area contributed by atoms with Gasteiger partial charge in [0, 0.05) is 6.08 Å². The molecule has 1 aliphatic rings. The predicted octanol–water partition coefficient (Wildman–Crippen LogP) is 2.69. The SMILES string of the molecule is COC(=O)/C=C(\C)CC1CCCC1. The number of ether oxygens (including phenoxy) is 1. The van der Waals surface area contributed by atoms with Crippen molar-refractivity contribution in [3.05, 3.63) is 11.6 Å². The molecule has 1 saturated carbocycles. The van der Waals surface area contributed by atoms with Crippen LogP contribution in [0, 0.1) is 5.92 Å². The van der Waals surface area contributed by atoms with Crippen LogP contribution in [0.25, 0.3) is 0 Å². The van der Waals surface area contributed by atoms with E-state index in [0.29, 0.717) is 0 Å². The molecule has 13 heavy (non-hydrogen) atoms. The summed E-state index contributed by atoms with van der Waals surface area (Å²) in [5.74, 6) is 0.580. The smallest absolute Gasteiger partial charge is 0.330 e. The van der Waals surface area contributed by atoms with Gasteiger partial charge in [-0.15, -0.1) is 0 Å². The van der Waals surface area contributed by atoms with Crippen LogP contribution in [-0.2, 0) is 9.53 Å². The minimum Gasteiger partial charge on any atom is -0.466 e. The third kappa shape index (κ3) is 3.62. The van der Waals surface area contributed by atoms with Crippen LogP contribution in [-0.4, -0.2) is 13.1 Å². The first-order valence-electron chi connectivity index (χ1n) is 4.97. The molecule has 0 unspecified atom stereocenters. The maximum atomic E-state index is 10.9. The average molecular weight is 182 g/mol. The lowest BCUT2D eigenvalue weighted by molar-refractivity contribution is -0.134. The summed E-state index contributed by atoms with van der Waals surface area (Å²) in [5.41, 5.74) is 1.15. The van der Waals surface area contributed by atoms with Crippen LogP contribution in [0.15, 0.2) is 11.6 Å². The molecule has 0 aromatic carbocycles. The number of hydrogen-bond donors (Lipinski definition) is 0. The lowest BCUT2D eigenvalue weighted by atomic mass is 9.99. The molecule has 0 aliphatic heterocycles. The van der Waals surface area contributed by atoms with Gasteiger partial charge in [-0.1, -0.05) is 31.3 Å². The Morgan fingerprint density at radius 3 is 2.62 bits per heavy atom. The molecule has 74 valence electrons. The van der Waals surface area contributed by atoms with Crippen LogP contribution >= 0.6 is 0 Å². The van der Waals surface area contributed by atoms with E-state index in [9.17, 15) is 4.79 Å². The van der Waals surface area contributed by atoms with Gasteiger partial charge in [0.25, 0.3) is 0 Å². The number of allylic oxidation sites excluding steroid dienone is 1. The molecule has 1 aliphatic carbocycles. The van der Waals surface area contributed by atoms with E-state index in [0.717, 1.165) is 17.9 Å². The van der Waals surface area contributed by atoms with Crippen molar-refractivity contribution >= 4 is 5.97 Å². The number of carbonyl (C=O) groups excluding carboxylic acids is 1. The zero-order chi connectivity index (χ0) is 9.68. The molecule has 2 nitrogen and oxygen atoms in total. The summed E-state index contributed by atoms with van der Waals surface area (Å²) in [6, 6.07) is 0. The largest absolute Gasteiger partial charge is 0.466 e. The van der Waals surface area contributed by atoms with Gasteiger partial charge in [0.1, 0.15) is 0 Å². The zero-order valence-electron chi connectivity index (χ0n) is 8.51. The number of carbonyl (C=O) groups is 1. The Bertz CT molecular complexity index is 200. The third-order valence-corrected chi connectivity index (χ3v) is 2.65. The molecule has 0 amide bonds. The van der Waals surface area contributed by atoms with E-state index < -0.39 is 0 Å².